The molecule has 0 spiro atoms. The van der Waals surface area contributed by atoms with Gasteiger partial charge in [0.25, 0.3) is 0 Å². The van der Waals surface area contributed by atoms with Gasteiger partial charge in [0.1, 0.15) is 0 Å². The first kappa shape index (κ1) is 10.5. The van der Waals surface area contributed by atoms with Gasteiger partial charge >= 0.3 is 5.97 Å². The number of carboxylic acid groups (broad SMARTS) is 1. The van der Waals surface area contributed by atoms with Crippen LogP contribution < -0.4 is 10.6 Å². The highest BCUT2D eigenvalue weighted by molar-refractivity contribution is 6.32. The molecule has 0 aliphatic rings. The van der Waals surface area contributed by atoms with Gasteiger partial charge in [-0.15, -0.1) is 0 Å². The van der Waals surface area contributed by atoms with Crippen LogP contribution in [0.5, 0.6) is 0 Å². The zero-order valence-electron chi connectivity index (χ0n) is 7.65. The lowest BCUT2D eigenvalue weighted by atomic mass is 10.4. The molecule has 1 aromatic heterocycles. The van der Waals surface area contributed by atoms with E-state index in [-0.39, 0.29) is 16.7 Å². The molecule has 0 aliphatic carbocycles. The van der Waals surface area contributed by atoms with Crippen LogP contribution in [0.1, 0.15) is 10.5 Å². The van der Waals surface area contributed by atoms with Crippen LogP contribution in [0.4, 0.5) is 11.6 Å². The number of carboxylic acids is 1. The Kier molecular flexibility index (Phi) is 2.76. The molecule has 0 saturated carbocycles. The molecule has 7 heteroatoms. The van der Waals surface area contributed by atoms with Crippen LogP contribution >= 0.6 is 11.6 Å². The van der Waals surface area contributed by atoms with Crippen molar-refractivity contribution in [3.8, 4) is 0 Å². The maximum Gasteiger partial charge on any atom is 0.358 e. The van der Waals surface area contributed by atoms with Crippen LogP contribution in [0.25, 0.3) is 0 Å². The molecule has 76 valence electrons. The molecule has 1 heterocycles. The molecule has 0 amide bonds. The van der Waals surface area contributed by atoms with E-state index < -0.39 is 5.97 Å². The van der Waals surface area contributed by atoms with Gasteiger partial charge in [-0.2, -0.15) is 0 Å². The van der Waals surface area contributed by atoms with Gasteiger partial charge < -0.3 is 15.7 Å². The molecule has 0 saturated heterocycles. The van der Waals surface area contributed by atoms with Gasteiger partial charge in [0, 0.05) is 14.1 Å². The van der Waals surface area contributed by atoms with Crippen molar-refractivity contribution in [2.75, 3.05) is 24.7 Å². The fourth-order valence-corrected chi connectivity index (χ4v) is 1.16. The normalized spacial score (nSPS) is 9.93. The van der Waals surface area contributed by atoms with Crippen LogP contribution in [0.2, 0.25) is 5.15 Å². The summed E-state index contributed by atoms with van der Waals surface area (Å²) in [6.45, 7) is 0. The first-order valence-electron chi connectivity index (χ1n) is 3.67. The number of nitrogen functional groups attached to an aromatic ring is 1. The van der Waals surface area contributed by atoms with Crippen LogP contribution in [-0.2, 0) is 0 Å². The Labute approximate surface area is 85.3 Å². The Morgan fingerprint density at radius 3 is 2.50 bits per heavy atom. The highest BCUT2D eigenvalue weighted by atomic mass is 35.5. The minimum atomic E-state index is -1.25. The number of halogens is 1. The van der Waals surface area contributed by atoms with Crippen molar-refractivity contribution >= 4 is 29.2 Å². The van der Waals surface area contributed by atoms with Gasteiger partial charge in [-0.25, -0.2) is 14.8 Å². The van der Waals surface area contributed by atoms with Crippen molar-refractivity contribution < 1.29 is 9.90 Å². The number of hydrogen-bond acceptors (Lipinski definition) is 5. The SMILES string of the molecule is CN(C)c1nc(N)c(C(=O)O)nc1Cl. The minimum absolute atomic E-state index is 0.0154. The van der Waals surface area contributed by atoms with Crippen LogP contribution in [0.3, 0.4) is 0 Å². The van der Waals surface area contributed by atoms with Crippen molar-refractivity contribution in [1.82, 2.24) is 9.97 Å². The van der Waals surface area contributed by atoms with Crippen LogP contribution in [0.15, 0.2) is 0 Å². The average molecular weight is 217 g/mol. The topological polar surface area (TPSA) is 92.3 Å². The Hall–Kier alpha value is -1.56. The van der Waals surface area contributed by atoms with Gasteiger partial charge in [-0.1, -0.05) is 11.6 Å². The van der Waals surface area contributed by atoms with E-state index in [1.807, 2.05) is 0 Å². The number of aromatic nitrogens is 2. The summed E-state index contributed by atoms with van der Waals surface area (Å²) >= 11 is 5.71. The molecule has 0 bridgehead atoms. The molecule has 0 fully saturated rings. The first-order chi connectivity index (χ1) is 6.43. The summed E-state index contributed by atoms with van der Waals surface area (Å²) in [6.07, 6.45) is 0. The number of aromatic carboxylic acids is 1. The lowest BCUT2D eigenvalue weighted by Crippen LogP contribution is -2.16. The molecule has 0 unspecified atom stereocenters. The lowest BCUT2D eigenvalue weighted by Gasteiger charge is -2.13. The van der Waals surface area contributed by atoms with Crippen LogP contribution in [0, 0.1) is 0 Å². The fourth-order valence-electron chi connectivity index (χ4n) is 0.861. The van der Waals surface area contributed by atoms with Crippen molar-refractivity contribution in [2.24, 2.45) is 0 Å². The number of hydrogen-bond donors (Lipinski definition) is 2. The molecule has 6 nitrogen and oxygen atoms in total. The van der Waals surface area contributed by atoms with E-state index in [0.717, 1.165) is 0 Å². The van der Waals surface area contributed by atoms with E-state index in [1.165, 1.54) is 0 Å². The molecule has 1 aromatic rings. The van der Waals surface area contributed by atoms with Crippen LogP contribution in [-0.4, -0.2) is 35.1 Å². The number of nitrogens with two attached hydrogens (primary N) is 1. The van der Waals surface area contributed by atoms with E-state index in [4.69, 9.17) is 22.4 Å². The number of rotatable bonds is 2. The van der Waals surface area contributed by atoms with Gasteiger partial charge in [-0.3, -0.25) is 0 Å². The Bertz CT molecular complexity index is 380. The molecule has 1 rings (SSSR count). The van der Waals surface area contributed by atoms with Gasteiger partial charge in [0.2, 0.25) is 0 Å². The molecular formula is C7H9ClN4O2. The monoisotopic (exact) mass is 216 g/mol. The summed E-state index contributed by atoms with van der Waals surface area (Å²) in [5.74, 6) is -1.05. The molecule has 0 aliphatic heterocycles. The maximum absolute atomic E-state index is 10.6. The summed E-state index contributed by atoms with van der Waals surface area (Å²) in [5.41, 5.74) is 5.06. The highest BCUT2D eigenvalue weighted by Crippen LogP contribution is 2.22. The molecule has 14 heavy (non-hydrogen) atoms. The zero-order chi connectivity index (χ0) is 10.9. The quantitative estimate of drug-likeness (QED) is 0.747. The highest BCUT2D eigenvalue weighted by Gasteiger charge is 2.16. The van der Waals surface area contributed by atoms with Crippen molar-refractivity contribution in [3.63, 3.8) is 0 Å². The Morgan fingerprint density at radius 2 is 2.07 bits per heavy atom. The number of carbonyl (C=O) groups is 1. The lowest BCUT2D eigenvalue weighted by molar-refractivity contribution is 0.0691. The van der Waals surface area contributed by atoms with E-state index in [2.05, 4.69) is 9.97 Å². The average Bonchev–Trinajstić information content (AvgIpc) is 2.07. The predicted octanol–water partition coefficient (Wildman–Crippen LogP) is 0.476. The standard InChI is InChI=1S/C7H9ClN4O2/c1-12(2)6-4(8)10-3(7(13)14)5(9)11-6/h1-2H3,(H2,9,11)(H,13,14). The second-order valence-electron chi connectivity index (χ2n) is 2.77. The zero-order valence-corrected chi connectivity index (χ0v) is 8.41. The Morgan fingerprint density at radius 1 is 1.50 bits per heavy atom. The van der Waals surface area contributed by atoms with Crippen molar-refractivity contribution in [2.45, 2.75) is 0 Å². The minimum Gasteiger partial charge on any atom is -0.476 e. The van der Waals surface area contributed by atoms with Crippen molar-refractivity contribution in [3.05, 3.63) is 10.8 Å². The predicted molar refractivity (Wildman–Crippen MR) is 52.7 cm³/mol. The number of anilines is 2. The van der Waals surface area contributed by atoms with E-state index >= 15 is 0 Å². The third-order valence-corrected chi connectivity index (χ3v) is 1.74. The third-order valence-electron chi connectivity index (χ3n) is 1.49. The summed E-state index contributed by atoms with van der Waals surface area (Å²) < 4.78 is 0. The summed E-state index contributed by atoms with van der Waals surface area (Å²) in [7, 11) is 3.41. The maximum atomic E-state index is 10.6. The largest absolute Gasteiger partial charge is 0.476 e. The summed E-state index contributed by atoms with van der Waals surface area (Å²) in [6, 6.07) is 0. The number of nitrogens with zero attached hydrogens (tertiary/aromatic N) is 3. The Balaban J connectivity index is 3.31. The van der Waals surface area contributed by atoms with E-state index in [1.54, 1.807) is 19.0 Å². The van der Waals surface area contributed by atoms with Crippen molar-refractivity contribution in [1.29, 1.82) is 0 Å². The van der Waals surface area contributed by atoms with Gasteiger partial charge in [-0.05, 0) is 0 Å². The van der Waals surface area contributed by atoms with E-state index in [0.29, 0.717) is 5.82 Å². The first-order valence-corrected chi connectivity index (χ1v) is 4.05. The second-order valence-corrected chi connectivity index (χ2v) is 3.13. The molecule has 0 aromatic carbocycles. The summed E-state index contributed by atoms with van der Waals surface area (Å²) in [5, 5.41) is 8.68. The fraction of sp³-hybridized carbons (Fsp3) is 0.286. The van der Waals surface area contributed by atoms with Gasteiger partial charge in [0.05, 0.1) is 0 Å². The molecular weight excluding hydrogens is 208 g/mol. The smallest absolute Gasteiger partial charge is 0.358 e. The van der Waals surface area contributed by atoms with Gasteiger partial charge in [0.15, 0.2) is 22.5 Å². The molecule has 0 atom stereocenters. The summed E-state index contributed by atoms with van der Waals surface area (Å²) in [4.78, 5) is 19.6. The third kappa shape index (κ3) is 1.85. The van der Waals surface area contributed by atoms with E-state index in [9.17, 15) is 4.79 Å². The second kappa shape index (κ2) is 3.67. The molecule has 3 N–H and O–H groups in total. The molecule has 0 radical (unpaired) electrons.